The van der Waals surface area contributed by atoms with Gasteiger partial charge in [0.1, 0.15) is 17.9 Å². The fraction of sp³-hybridized carbons (Fsp3) is 0.167. The highest BCUT2D eigenvalue weighted by molar-refractivity contribution is 5.95. The molecule has 6 heteroatoms. The topological polar surface area (TPSA) is 27.1 Å². The Balaban J connectivity index is 1.58. The molecular formula is C30H25F3N2O. The molecule has 0 aliphatic heterocycles. The summed E-state index contributed by atoms with van der Waals surface area (Å²) in [6, 6.07) is 27.4. The number of hydrogen-bond acceptors (Lipinski definition) is 2. The van der Waals surface area contributed by atoms with Crippen LogP contribution in [0.25, 0.3) is 22.2 Å². The van der Waals surface area contributed by atoms with Crippen LogP contribution >= 0.6 is 0 Å². The van der Waals surface area contributed by atoms with E-state index in [-0.39, 0.29) is 5.52 Å². The minimum atomic E-state index is -4.50. The minimum absolute atomic E-state index is 0.0576. The van der Waals surface area contributed by atoms with E-state index in [4.69, 9.17) is 4.74 Å². The Morgan fingerprint density at radius 3 is 2.22 bits per heavy atom. The van der Waals surface area contributed by atoms with Gasteiger partial charge in [-0.25, -0.2) is 0 Å². The molecule has 3 nitrogen and oxygen atoms in total. The molecule has 5 aromatic rings. The summed E-state index contributed by atoms with van der Waals surface area (Å²) in [7, 11) is 0. The van der Waals surface area contributed by atoms with Crippen molar-refractivity contribution in [3.63, 3.8) is 0 Å². The Morgan fingerprint density at radius 2 is 1.50 bits per heavy atom. The van der Waals surface area contributed by atoms with Gasteiger partial charge >= 0.3 is 6.18 Å². The van der Waals surface area contributed by atoms with Gasteiger partial charge < -0.3 is 4.74 Å². The molecule has 1 aromatic heterocycles. The first-order valence-corrected chi connectivity index (χ1v) is 11.7. The molecular weight excluding hydrogens is 461 g/mol. The van der Waals surface area contributed by atoms with E-state index in [9.17, 15) is 13.2 Å². The average Bonchev–Trinajstić information content (AvgIpc) is 3.21. The van der Waals surface area contributed by atoms with Gasteiger partial charge in [0.25, 0.3) is 0 Å². The van der Waals surface area contributed by atoms with Crippen LogP contribution in [0.4, 0.5) is 13.2 Å². The fourth-order valence-corrected chi connectivity index (χ4v) is 4.52. The molecule has 0 aliphatic rings. The Bertz CT molecular complexity index is 1500. The normalized spacial score (nSPS) is 11.7. The molecule has 0 bridgehead atoms. The molecule has 5 rings (SSSR count). The zero-order valence-corrected chi connectivity index (χ0v) is 20.0. The molecule has 0 radical (unpaired) electrons. The summed E-state index contributed by atoms with van der Waals surface area (Å²) in [5.74, 6) is 0.641. The van der Waals surface area contributed by atoms with Gasteiger partial charge in [0.05, 0.1) is 17.8 Å². The van der Waals surface area contributed by atoms with E-state index in [1.165, 1.54) is 6.07 Å². The van der Waals surface area contributed by atoms with Gasteiger partial charge in [-0.05, 0) is 54.3 Å². The molecule has 0 amide bonds. The lowest BCUT2D eigenvalue weighted by molar-refractivity contribution is -0.136. The van der Waals surface area contributed by atoms with E-state index < -0.39 is 11.7 Å². The van der Waals surface area contributed by atoms with E-state index in [1.807, 2.05) is 60.7 Å². The number of aryl methyl sites for hydroxylation is 2. The van der Waals surface area contributed by atoms with Gasteiger partial charge in [-0.2, -0.15) is 18.3 Å². The van der Waals surface area contributed by atoms with Gasteiger partial charge in [0.15, 0.2) is 0 Å². The molecule has 1 heterocycles. The van der Waals surface area contributed by atoms with E-state index in [0.717, 1.165) is 33.9 Å². The standard InChI is InChI=1S/C30H25F3N2O/c1-20-9-6-10-21(2)26(20)19-36-24-14-7-13-23(17-24)29-25-15-8-16-27(30(31,32)33)28(25)34-35(29)18-22-11-4-3-5-12-22/h3-17H,18-19H2,1-2H3. The molecule has 0 N–H and O–H groups in total. The summed E-state index contributed by atoms with van der Waals surface area (Å²) >= 11 is 0. The quantitative estimate of drug-likeness (QED) is 0.243. The maximum Gasteiger partial charge on any atom is 0.418 e. The maximum absolute atomic E-state index is 13.8. The van der Waals surface area contributed by atoms with Crippen LogP contribution in [0.3, 0.4) is 0 Å². The second kappa shape index (κ2) is 9.53. The van der Waals surface area contributed by atoms with Crippen molar-refractivity contribution < 1.29 is 17.9 Å². The number of halogens is 3. The lowest BCUT2D eigenvalue weighted by atomic mass is 10.0. The highest BCUT2D eigenvalue weighted by Gasteiger charge is 2.34. The first-order valence-electron chi connectivity index (χ1n) is 11.7. The number of ether oxygens (including phenoxy) is 1. The van der Waals surface area contributed by atoms with Crippen molar-refractivity contribution in [2.24, 2.45) is 0 Å². The van der Waals surface area contributed by atoms with Crippen LogP contribution in [0.1, 0.15) is 27.8 Å². The van der Waals surface area contributed by atoms with Crippen molar-refractivity contribution in [2.75, 3.05) is 0 Å². The molecule has 0 fully saturated rings. The third-order valence-electron chi connectivity index (χ3n) is 6.39. The van der Waals surface area contributed by atoms with E-state index >= 15 is 0 Å². The van der Waals surface area contributed by atoms with Gasteiger partial charge in [-0.15, -0.1) is 0 Å². The molecule has 0 unspecified atom stereocenters. The summed E-state index contributed by atoms with van der Waals surface area (Å²) in [5, 5.41) is 4.90. The summed E-state index contributed by atoms with van der Waals surface area (Å²) in [5.41, 5.74) is 4.94. The maximum atomic E-state index is 13.8. The van der Waals surface area contributed by atoms with Crippen LogP contribution in [-0.2, 0) is 19.3 Å². The van der Waals surface area contributed by atoms with Crippen LogP contribution in [0.2, 0.25) is 0 Å². The van der Waals surface area contributed by atoms with Crippen LogP contribution in [-0.4, -0.2) is 9.78 Å². The number of fused-ring (bicyclic) bond motifs is 1. The molecule has 182 valence electrons. The van der Waals surface area contributed by atoms with Gasteiger partial charge in [0, 0.05) is 10.9 Å². The monoisotopic (exact) mass is 486 g/mol. The van der Waals surface area contributed by atoms with Crippen molar-refractivity contribution >= 4 is 10.9 Å². The van der Waals surface area contributed by atoms with Gasteiger partial charge in [-0.3, -0.25) is 4.68 Å². The molecule has 0 spiro atoms. The van der Waals surface area contributed by atoms with E-state index in [0.29, 0.717) is 30.0 Å². The van der Waals surface area contributed by atoms with Crippen molar-refractivity contribution in [1.82, 2.24) is 9.78 Å². The average molecular weight is 487 g/mol. The summed E-state index contributed by atoms with van der Waals surface area (Å²) < 4.78 is 49.2. The lowest BCUT2D eigenvalue weighted by Crippen LogP contribution is -2.06. The van der Waals surface area contributed by atoms with Crippen molar-refractivity contribution in [2.45, 2.75) is 33.2 Å². The first-order chi connectivity index (χ1) is 17.3. The second-order valence-corrected chi connectivity index (χ2v) is 8.88. The zero-order valence-electron chi connectivity index (χ0n) is 20.0. The van der Waals surface area contributed by atoms with Crippen LogP contribution in [0, 0.1) is 13.8 Å². The van der Waals surface area contributed by atoms with Crippen LogP contribution < -0.4 is 4.74 Å². The van der Waals surface area contributed by atoms with Crippen molar-refractivity contribution in [3.05, 3.63) is 119 Å². The molecule has 36 heavy (non-hydrogen) atoms. The predicted octanol–water partition coefficient (Wildman–Crippen LogP) is 7.97. The third-order valence-corrected chi connectivity index (χ3v) is 6.39. The van der Waals surface area contributed by atoms with E-state index in [1.54, 1.807) is 10.7 Å². The van der Waals surface area contributed by atoms with Crippen LogP contribution in [0.15, 0.2) is 91.0 Å². The van der Waals surface area contributed by atoms with Crippen LogP contribution in [0.5, 0.6) is 5.75 Å². The number of hydrogen-bond donors (Lipinski definition) is 0. The number of benzene rings is 4. The zero-order chi connectivity index (χ0) is 25.3. The highest BCUT2D eigenvalue weighted by Crippen LogP contribution is 2.38. The fourth-order valence-electron chi connectivity index (χ4n) is 4.52. The number of rotatable bonds is 6. The Hall–Kier alpha value is -4.06. The smallest absolute Gasteiger partial charge is 0.418 e. The number of alkyl halides is 3. The summed E-state index contributed by atoms with van der Waals surface area (Å²) in [6.45, 7) is 4.85. The Labute approximate surface area is 207 Å². The predicted molar refractivity (Wildman–Crippen MR) is 136 cm³/mol. The molecule has 0 aliphatic carbocycles. The number of nitrogens with zero attached hydrogens (tertiary/aromatic N) is 2. The molecule has 0 saturated carbocycles. The molecule has 4 aromatic carbocycles. The number of aromatic nitrogens is 2. The first kappa shape index (κ1) is 23.7. The minimum Gasteiger partial charge on any atom is -0.489 e. The largest absolute Gasteiger partial charge is 0.489 e. The lowest BCUT2D eigenvalue weighted by Gasteiger charge is -2.13. The second-order valence-electron chi connectivity index (χ2n) is 8.88. The van der Waals surface area contributed by atoms with Gasteiger partial charge in [-0.1, -0.05) is 72.8 Å². The highest BCUT2D eigenvalue weighted by atomic mass is 19.4. The summed E-state index contributed by atoms with van der Waals surface area (Å²) in [4.78, 5) is 0. The van der Waals surface area contributed by atoms with E-state index in [2.05, 4.69) is 31.1 Å². The Morgan fingerprint density at radius 1 is 0.806 bits per heavy atom. The molecule has 0 saturated heterocycles. The summed E-state index contributed by atoms with van der Waals surface area (Å²) in [6.07, 6.45) is -4.50. The Kier molecular flexibility index (Phi) is 6.27. The van der Waals surface area contributed by atoms with Crippen molar-refractivity contribution in [3.8, 4) is 17.0 Å². The van der Waals surface area contributed by atoms with Gasteiger partial charge in [0.2, 0.25) is 0 Å². The third kappa shape index (κ3) is 4.71. The van der Waals surface area contributed by atoms with Crippen molar-refractivity contribution in [1.29, 1.82) is 0 Å². The SMILES string of the molecule is Cc1cccc(C)c1COc1cccc(-c2c3cccc(C(F)(F)F)c3nn2Cc2ccccc2)c1. The molecule has 0 atom stereocenters.